The van der Waals surface area contributed by atoms with Crippen LogP contribution in [0.4, 0.5) is 0 Å². The molecule has 1 heterocycles. The van der Waals surface area contributed by atoms with E-state index in [2.05, 4.69) is 20.9 Å². The summed E-state index contributed by atoms with van der Waals surface area (Å²) in [5, 5.41) is 0.847. The van der Waals surface area contributed by atoms with E-state index >= 15 is 0 Å². The Kier molecular flexibility index (Phi) is 2.20. The lowest BCUT2D eigenvalue weighted by Crippen LogP contribution is -2.04. The van der Waals surface area contributed by atoms with Crippen molar-refractivity contribution in [3.8, 4) is 0 Å². The molecule has 0 radical (unpaired) electrons. The number of fused-ring (bicyclic) bond motifs is 1. The summed E-state index contributed by atoms with van der Waals surface area (Å²) in [6, 6.07) is 3.88. The lowest BCUT2D eigenvalue weighted by molar-refractivity contribution is 0.951. The third-order valence-electron chi connectivity index (χ3n) is 1.96. The van der Waals surface area contributed by atoms with Gasteiger partial charge in [0, 0.05) is 27.8 Å². The van der Waals surface area contributed by atoms with Crippen LogP contribution >= 0.6 is 27.5 Å². The maximum absolute atomic E-state index is 6.03. The molecule has 0 unspecified atom stereocenters. The van der Waals surface area contributed by atoms with Crippen molar-refractivity contribution >= 4 is 33.7 Å². The summed E-state index contributed by atoms with van der Waals surface area (Å²) in [5.74, 6) is 0. The van der Waals surface area contributed by atoms with E-state index in [-0.39, 0.29) is 0 Å². The monoisotopic (exact) mass is 243 g/mol. The van der Waals surface area contributed by atoms with Gasteiger partial charge in [-0.2, -0.15) is 0 Å². The second-order valence-corrected chi connectivity index (χ2v) is 3.97. The van der Waals surface area contributed by atoms with Crippen molar-refractivity contribution in [1.82, 2.24) is 0 Å². The van der Waals surface area contributed by atoms with Gasteiger partial charge in [0.1, 0.15) is 0 Å². The number of hydrogen-bond donors (Lipinski definition) is 0. The quantitative estimate of drug-likeness (QED) is 0.665. The van der Waals surface area contributed by atoms with E-state index < -0.39 is 0 Å². The number of benzene rings is 1. The van der Waals surface area contributed by atoms with E-state index in [1.54, 1.807) is 0 Å². The fourth-order valence-electron chi connectivity index (χ4n) is 1.34. The SMILES string of the molecule is Clc1ccc(Br)c2c1CCN=C2. The van der Waals surface area contributed by atoms with Gasteiger partial charge in [-0.1, -0.05) is 27.5 Å². The number of halogens is 2. The first-order chi connectivity index (χ1) is 5.79. The largest absolute Gasteiger partial charge is 0.292 e. The molecule has 1 nitrogen and oxygen atoms in total. The number of aliphatic imine (C=N–C) groups is 1. The highest BCUT2D eigenvalue weighted by Crippen LogP contribution is 2.28. The maximum Gasteiger partial charge on any atom is 0.0446 e. The third kappa shape index (κ3) is 1.29. The van der Waals surface area contributed by atoms with Gasteiger partial charge in [-0.25, -0.2) is 0 Å². The van der Waals surface area contributed by atoms with Gasteiger partial charge in [-0.05, 0) is 24.1 Å². The molecule has 0 atom stereocenters. The van der Waals surface area contributed by atoms with Crippen LogP contribution in [0.15, 0.2) is 21.6 Å². The molecular weight excluding hydrogens is 237 g/mol. The zero-order chi connectivity index (χ0) is 8.55. The van der Waals surface area contributed by atoms with Crippen molar-refractivity contribution in [3.63, 3.8) is 0 Å². The maximum atomic E-state index is 6.03. The third-order valence-corrected chi connectivity index (χ3v) is 3.00. The van der Waals surface area contributed by atoms with Gasteiger partial charge >= 0.3 is 0 Å². The number of hydrogen-bond acceptors (Lipinski definition) is 1. The molecule has 1 aromatic carbocycles. The van der Waals surface area contributed by atoms with Crippen LogP contribution in [-0.4, -0.2) is 12.8 Å². The van der Waals surface area contributed by atoms with Gasteiger partial charge < -0.3 is 0 Å². The summed E-state index contributed by atoms with van der Waals surface area (Å²) in [6.45, 7) is 0.850. The standard InChI is InChI=1S/C9H7BrClN/c10-8-1-2-9(11)6-3-4-12-5-7(6)8/h1-2,5H,3-4H2. The highest BCUT2D eigenvalue weighted by Gasteiger charge is 2.11. The molecule has 1 aliphatic heterocycles. The Labute approximate surface area is 84.6 Å². The molecule has 0 fully saturated rings. The Morgan fingerprint density at radius 2 is 2.25 bits per heavy atom. The Morgan fingerprint density at radius 1 is 1.42 bits per heavy atom. The summed E-state index contributed by atoms with van der Waals surface area (Å²) in [6.07, 6.45) is 2.83. The molecule has 0 N–H and O–H groups in total. The van der Waals surface area contributed by atoms with Crippen LogP contribution in [0.1, 0.15) is 11.1 Å². The predicted octanol–water partition coefficient (Wildman–Crippen LogP) is 3.08. The first-order valence-corrected chi connectivity index (χ1v) is 4.93. The molecule has 3 heteroatoms. The first kappa shape index (κ1) is 8.27. The molecule has 62 valence electrons. The van der Waals surface area contributed by atoms with Crippen molar-refractivity contribution in [2.45, 2.75) is 6.42 Å². The van der Waals surface area contributed by atoms with E-state index in [1.807, 2.05) is 18.3 Å². The van der Waals surface area contributed by atoms with Crippen LogP contribution in [0.5, 0.6) is 0 Å². The van der Waals surface area contributed by atoms with E-state index in [4.69, 9.17) is 11.6 Å². The molecule has 2 rings (SSSR count). The lowest BCUT2D eigenvalue weighted by atomic mass is 10.0. The van der Waals surface area contributed by atoms with Crippen LogP contribution in [0, 0.1) is 0 Å². The number of rotatable bonds is 0. The van der Waals surface area contributed by atoms with E-state index in [9.17, 15) is 0 Å². The summed E-state index contributed by atoms with van der Waals surface area (Å²) < 4.78 is 1.07. The number of nitrogens with zero attached hydrogens (tertiary/aromatic N) is 1. The zero-order valence-electron chi connectivity index (χ0n) is 6.35. The van der Waals surface area contributed by atoms with Crippen molar-refractivity contribution in [3.05, 3.63) is 32.8 Å². The van der Waals surface area contributed by atoms with Crippen LogP contribution in [0.3, 0.4) is 0 Å². The van der Waals surface area contributed by atoms with Crippen molar-refractivity contribution in [2.24, 2.45) is 4.99 Å². The van der Waals surface area contributed by atoms with Crippen LogP contribution in [0.2, 0.25) is 5.02 Å². The molecule has 12 heavy (non-hydrogen) atoms. The molecule has 1 aliphatic rings. The Morgan fingerprint density at radius 3 is 3.00 bits per heavy atom. The minimum Gasteiger partial charge on any atom is -0.292 e. The van der Waals surface area contributed by atoms with Gasteiger partial charge in [0.25, 0.3) is 0 Å². The van der Waals surface area contributed by atoms with Gasteiger partial charge in [0.05, 0.1) is 0 Å². The van der Waals surface area contributed by atoms with Gasteiger partial charge in [-0.15, -0.1) is 0 Å². The Hall–Kier alpha value is -0.340. The highest BCUT2D eigenvalue weighted by molar-refractivity contribution is 9.10. The van der Waals surface area contributed by atoms with Gasteiger partial charge in [0.15, 0.2) is 0 Å². The molecule has 0 saturated heterocycles. The zero-order valence-corrected chi connectivity index (χ0v) is 8.69. The normalized spacial score (nSPS) is 14.5. The summed E-state index contributed by atoms with van der Waals surface area (Å²) >= 11 is 9.50. The molecule has 1 aromatic rings. The smallest absolute Gasteiger partial charge is 0.0446 e. The van der Waals surface area contributed by atoms with Crippen molar-refractivity contribution in [2.75, 3.05) is 6.54 Å². The predicted molar refractivity (Wildman–Crippen MR) is 55.3 cm³/mol. The lowest BCUT2D eigenvalue weighted by Gasteiger charge is -2.12. The fraction of sp³-hybridized carbons (Fsp3) is 0.222. The van der Waals surface area contributed by atoms with Gasteiger partial charge in [-0.3, -0.25) is 4.99 Å². The Balaban J connectivity index is 2.67. The van der Waals surface area contributed by atoms with Gasteiger partial charge in [0.2, 0.25) is 0 Å². The van der Waals surface area contributed by atoms with Crippen molar-refractivity contribution < 1.29 is 0 Å². The molecule has 0 spiro atoms. The van der Waals surface area contributed by atoms with E-state index in [0.717, 1.165) is 28.0 Å². The molecule has 0 aromatic heterocycles. The second kappa shape index (κ2) is 3.19. The average Bonchev–Trinajstić information content (AvgIpc) is 2.12. The van der Waals surface area contributed by atoms with Crippen LogP contribution in [0.25, 0.3) is 0 Å². The van der Waals surface area contributed by atoms with Crippen molar-refractivity contribution in [1.29, 1.82) is 0 Å². The Bertz CT molecular complexity index is 347. The van der Waals surface area contributed by atoms with Crippen LogP contribution < -0.4 is 0 Å². The molecular formula is C9H7BrClN. The van der Waals surface area contributed by atoms with E-state index in [1.165, 1.54) is 5.56 Å². The van der Waals surface area contributed by atoms with E-state index in [0.29, 0.717) is 0 Å². The minimum absolute atomic E-state index is 0.847. The first-order valence-electron chi connectivity index (χ1n) is 3.76. The summed E-state index contributed by atoms with van der Waals surface area (Å²) in [7, 11) is 0. The van der Waals surface area contributed by atoms with Crippen LogP contribution in [-0.2, 0) is 6.42 Å². The summed E-state index contributed by atoms with van der Waals surface area (Å²) in [4.78, 5) is 4.21. The molecule has 0 amide bonds. The second-order valence-electron chi connectivity index (χ2n) is 2.71. The topological polar surface area (TPSA) is 12.4 Å². The highest BCUT2D eigenvalue weighted by atomic mass is 79.9. The molecule has 0 saturated carbocycles. The molecule has 0 aliphatic carbocycles. The average molecular weight is 245 g/mol. The summed E-state index contributed by atoms with van der Waals surface area (Å²) in [5.41, 5.74) is 2.34. The minimum atomic E-state index is 0.847. The molecule has 0 bridgehead atoms. The fourth-order valence-corrected chi connectivity index (χ4v) is 2.07.